The Bertz CT molecular complexity index is 1050. The zero-order valence-corrected chi connectivity index (χ0v) is 20.0. The van der Waals surface area contributed by atoms with E-state index in [-0.39, 0.29) is 11.7 Å². The predicted molar refractivity (Wildman–Crippen MR) is 124 cm³/mol. The van der Waals surface area contributed by atoms with Crippen LogP contribution in [0.25, 0.3) is 0 Å². The molecule has 0 radical (unpaired) electrons. The van der Waals surface area contributed by atoms with E-state index in [1.807, 2.05) is 30.4 Å². The number of hydrogen-bond acceptors (Lipinski definition) is 7. The van der Waals surface area contributed by atoms with Crippen molar-refractivity contribution in [1.82, 2.24) is 20.4 Å². The SMILES string of the molecule is CCOC(=O)c1n[nH]c2c1C[C@H]1[C@@H](CSC)[C@@H]21.CSC[C@@H]1[C@@H]2Cc3c(C(=O)O)n[nH]c3[C@H]12. The molecule has 2 aromatic heterocycles. The summed E-state index contributed by atoms with van der Waals surface area (Å²) in [6.07, 6.45) is 6.16. The number of hydrogen-bond donors (Lipinski definition) is 3. The van der Waals surface area contributed by atoms with Crippen LogP contribution in [-0.2, 0) is 17.6 Å². The molecule has 0 amide bonds. The van der Waals surface area contributed by atoms with Crippen molar-refractivity contribution in [3.8, 4) is 0 Å². The molecule has 10 heteroatoms. The average molecular weight is 477 g/mol. The zero-order chi connectivity index (χ0) is 22.6. The van der Waals surface area contributed by atoms with Crippen LogP contribution in [-0.4, -0.2) is 68.1 Å². The lowest BCUT2D eigenvalue weighted by Gasteiger charge is -2.03. The van der Waals surface area contributed by atoms with Crippen molar-refractivity contribution < 1.29 is 19.4 Å². The Labute approximate surface area is 195 Å². The maximum atomic E-state index is 11.7. The molecule has 2 saturated carbocycles. The standard InChI is InChI=1S/C12H16N2O2S.C10H12N2O2S/c1-3-16-12(15)11-7-4-6-8(5-17-2)9(6)10(7)13-14-11;1-15-3-6-4-2-5-8(7(4)6)11-12-9(5)10(13)14/h6,8-9H,3-5H2,1-2H3,(H,13,14);4,6-7H,2-3H2,1H3,(H,11,12)(H,13,14)/t6-,8+,9-;4-,6+,7-/m00/s1. The fraction of sp³-hybridized carbons (Fsp3) is 0.636. The van der Waals surface area contributed by atoms with E-state index in [0.29, 0.717) is 30.1 Å². The van der Waals surface area contributed by atoms with Gasteiger partial charge < -0.3 is 9.84 Å². The monoisotopic (exact) mass is 476 g/mol. The summed E-state index contributed by atoms with van der Waals surface area (Å²) in [5.74, 6) is 5.32. The highest BCUT2D eigenvalue weighted by molar-refractivity contribution is 7.98. The number of aromatic amines is 2. The normalized spacial score (nSPS) is 29.8. The van der Waals surface area contributed by atoms with Crippen LogP contribution < -0.4 is 0 Å². The Morgan fingerprint density at radius 1 is 0.969 bits per heavy atom. The molecule has 6 atom stereocenters. The zero-order valence-electron chi connectivity index (χ0n) is 18.4. The fourth-order valence-electron chi connectivity index (χ4n) is 5.88. The van der Waals surface area contributed by atoms with Gasteiger partial charge >= 0.3 is 11.9 Å². The molecule has 2 fully saturated rings. The van der Waals surface area contributed by atoms with Crippen LogP contribution in [0, 0.1) is 23.7 Å². The van der Waals surface area contributed by atoms with Gasteiger partial charge in [0, 0.05) is 34.4 Å². The van der Waals surface area contributed by atoms with Crippen LogP contribution in [0.4, 0.5) is 0 Å². The van der Waals surface area contributed by atoms with Gasteiger partial charge in [-0.15, -0.1) is 0 Å². The molecular formula is C22H28N4O4S2. The lowest BCUT2D eigenvalue weighted by Crippen LogP contribution is -2.08. The maximum Gasteiger partial charge on any atom is 0.359 e. The van der Waals surface area contributed by atoms with Crippen molar-refractivity contribution in [3.63, 3.8) is 0 Å². The third-order valence-electron chi connectivity index (χ3n) is 7.40. The Morgan fingerprint density at radius 3 is 1.94 bits per heavy atom. The van der Waals surface area contributed by atoms with Crippen LogP contribution in [0.15, 0.2) is 0 Å². The van der Waals surface area contributed by atoms with E-state index >= 15 is 0 Å². The molecule has 0 aliphatic heterocycles. The van der Waals surface area contributed by atoms with E-state index in [4.69, 9.17) is 9.84 Å². The van der Waals surface area contributed by atoms with Gasteiger partial charge in [-0.05, 0) is 67.5 Å². The van der Waals surface area contributed by atoms with Crippen molar-refractivity contribution in [2.24, 2.45) is 23.7 Å². The van der Waals surface area contributed by atoms with Gasteiger partial charge in [-0.3, -0.25) is 10.2 Å². The third kappa shape index (κ3) is 3.46. The summed E-state index contributed by atoms with van der Waals surface area (Å²) in [7, 11) is 0. The van der Waals surface area contributed by atoms with Crippen LogP contribution in [0.1, 0.15) is 62.3 Å². The van der Waals surface area contributed by atoms with Gasteiger partial charge in [0.2, 0.25) is 0 Å². The molecule has 0 bridgehead atoms. The maximum absolute atomic E-state index is 11.7. The molecule has 6 rings (SSSR count). The summed E-state index contributed by atoms with van der Waals surface area (Å²) < 4.78 is 5.01. The highest BCUT2D eigenvalue weighted by atomic mass is 32.2. The number of rotatable bonds is 7. The van der Waals surface area contributed by atoms with E-state index < -0.39 is 5.97 Å². The first-order valence-corrected chi connectivity index (χ1v) is 13.8. The molecule has 0 aromatic carbocycles. The second-order valence-corrected chi connectivity index (χ2v) is 10.8. The first-order chi connectivity index (χ1) is 15.5. The van der Waals surface area contributed by atoms with E-state index in [1.54, 1.807) is 0 Å². The fourth-order valence-corrected chi connectivity index (χ4v) is 7.56. The molecule has 4 aliphatic carbocycles. The van der Waals surface area contributed by atoms with Crippen molar-refractivity contribution in [2.45, 2.75) is 31.6 Å². The number of carbonyl (C=O) groups excluding carboxylic acids is 1. The van der Waals surface area contributed by atoms with E-state index in [1.165, 1.54) is 17.2 Å². The lowest BCUT2D eigenvalue weighted by molar-refractivity contribution is 0.0517. The van der Waals surface area contributed by atoms with E-state index in [0.717, 1.165) is 47.4 Å². The summed E-state index contributed by atoms with van der Waals surface area (Å²) in [6.45, 7) is 2.22. The lowest BCUT2D eigenvalue weighted by atomic mass is 10.1. The highest BCUT2D eigenvalue weighted by Gasteiger charge is 2.58. The molecule has 2 aromatic rings. The van der Waals surface area contributed by atoms with Crippen LogP contribution >= 0.6 is 23.5 Å². The Balaban J connectivity index is 0.000000136. The summed E-state index contributed by atoms with van der Waals surface area (Å²) in [4.78, 5) is 22.5. The topological polar surface area (TPSA) is 121 Å². The second-order valence-electron chi connectivity index (χ2n) is 8.98. The molecule has 172 valence electrons. The molecule has 0 unspecified atom stereocenters. The number of carbonyl (C=O) groups is 2. The minimum Gasteiger partial charge on any atom is -0.476 e. The number of H-pyrrole nitrogens is 2. The molecule has 4 aliphatic rings. The minimum atomic E-state index is -0.907. The number of thioether (sulfide) groups is 2. The number of fused-ring (bicyclic) bond motifs is 6. The average Bonchev–Trinajstić information content (AvgIpc) is 3.27. The Kier molecular flexibility index (Phi) is 5.77. The van der Waals surface area contributed by atoms with Crippen molar-refractivity contribution in [2.75, 3.05) is 30.6 Å². The number of aromatic carboxylic acids is 1. The first kappa shape index (κ1) is 21.9. The van der Waals surface area contributed by atoms with Crippen molar-refractivity contribution in [1.29, 1.82) is 0 Å². The van der Waals surface area contributed by atoms with Crippen molar-refractivity contribution in [3.05, 3.63) is 33.9 Å². The number of esters is 1. The number of nitrogens with one attached hydrogen (secondary N) is 2. The van der Waals surface area contributed by atoms with Gasteiger partial charge in [-0.1, -0.05) is 0 Å². The third-order valence-corrected chi connectivity index (χ3v) is 8.83. The largest absolute Gasteiger partial charge is 0.476 e. The van der Waals surface area contributed by atoms with Gasteiger partial charge in [0.15, 0.2) is 11.4 Å². The van der Waals surface area contributed by atoms with E-state index in [9.17, 15) is 9.59 Å². The molecule has 3 N–H and O–H groups in total. The van der Waals surface area contributed by atoms with Crippen molar-refractivity contribution >= 4 is 35.5 Å². The molecule has 8 nitrogen and oxygen atoms in total. The van der Waals surface area contributed by atoms with Crippen LogP contribution in [0.3, 0.4) is 0 Å². The Morgan fingerprint density at radius 2 is 1.47 bits per heavy atom. The number of aromatic nitrogens is 4. The van der Waals surface area contributed by atoms with Crippen LogP contribution in [0.2, 0.25) is 0 Å². The molecule has 0 saturated heterocycles. The van der Waals surface area contributed by atoms with Gasteiger partial charge in [-0.25, -0.2) is 9.59 Å². The second kappa shape index (κ2) is 8.44. The summed E-state index contributed by atoms with van der Waals surface area (Å²) >= 11 is 3.77. The van der Waals surface area contributed by atoms with Gasteiger partial charge in [0.1, 0.15) is 0 Å². The molecule has 0 spiro atoms. The summed E-state index contributed by atoms with van der Waals surface area (Å²) in [5, 5.41) is 22.9. The highest BCUT2D eigenvalue weighted by Crippen LogP contribution is 2.62. The minimum absolute atomic E-state index is 0.236. The molecule has 32 heavy (non-hydrogen) atoms. The number of carboxylic acids is 1. The van der Waals surface area contributed by atoms with Crippen LogP contribution in [0.5, 0.6) is 0 Å². The Hall–Kier alpha value is -1.94. The smallest absolute Gasteiger partial charge is 0.359 e. The van der Waals surface area contributed by atoms with Gasteiger partial charge in [0.05, 0.1) is 6.61 Å². The predicted octanol–water partition coefficient (Wildman–Crippen LogP) is 3.19. The number of carboxylic acid groups (broad SMARTS) is 1. The molecular weight excluding hydrogens is 448 g/mol. The summed E-state index contributed by atoms with van der Waals surface area (Å²) in [5.41, 5.74) is 5.09. The number of ether oxygens (including phenoxy) is 1. The first-order valence-electron chi connectivity index (χ1n) is 11.0. The quantitative estimate of drug-likeness (QED) is 0.521. The molecule has 2 heterocycles. The van der Waals surface area contributed by atoms with Gasteiger partial charge in [0.25, 0.3) is 0 Å². The number of nitrogens with zero attached hydrogens (tertiary/aromatic N) is 2. The van der Waals surface area contributed by atoms with E-state index in [2.05, 4.69) is 32.9 Å². The van der Waals surface area contributed by atoms with Gasteiger partial charge in [-0.2, -0.15) is 33.7 Å². The summed E-state index contributed by atoms with van der Waals surface area (Å²) in [6, 6.07) is 0.